The Morgan fingerprint density at radius 2 is 2.00 bits per heavy atom. The van der Waals surface area contributed by atoms with E-state index in [4.69, 9.17) is 0 Å². The normalized spacial score (nSPS) is 11.9. The van der Waals surface area contributed by atoms with E-state index < -0.39 is 17.8 Å². The van der Waals surface area contributed by atoms with Crippen molar-refractivity contribution >= 4 is 5.91 Å². The second kappa shape index (κ2) is 6.06. The Hall–Kier alpha value is -2.27. The maximum absolute atomic E-state index is 12.7. The van der Waals surface area contributed by atoms with Crippen molar-refractivity contribution in [2.45, 2.75) is 6.10 Å². The van der Waals surface area contributed by atoms with Crippen molar-refractivity contribution in [1.82, 2.24) is 10.3 Å². The van der Waals surface area contributed by atoms with Gasteiger partial charge in [0.2, 0.25) is 0 Å². The molecular formula is C14H13FN2O2. The van der Waals surface area contributed by atoms with E-state index in [1.807, 2.05) is 18.2 Å². The van der Waals surface area contributed by atoms with Gasteiger partial charge in [-0.05, 0) is 17.7 Å². The van der Waals surface area contributed by atoms with Crippen LogP contribution in [0.5, 0.6) is 0 Å². The molecule has 1 heterocycles. The molecule has 2 aromatic rings. The maximum atomic E-state index is 12.7. The number of aromatic nitrogens is 1. The van der Waals surface area contributed by atoms with Crippen LogP contribution in [0.3, 0.4) is 0 Å². The topological polar surface area (TPSA) is 62.2 Å². The van der Waals surface area contributed by atoms with Gasteiger partial charge in [-0.2, -0.15) is 0 Å². The summed E-state index contributed by atoms with van der Waals surface area (Å²) in [6.45, 7) is 0.0713. The molecule has 5 heteroatoms. The number of halogens is 1. The number of hydrogen-bond acceptors (Lipinski definition) is 3. The highest BCUT2D eigenvalue weighted by Gasteiger charge is 2.11. The molecule has 2 N–H and O–H groups in total. The fourth-order valence-electron chi connectivity index (χ4n) is 1.58. The number of pyridine rings is 1. The number of carbonyl (C=O) groups is 1. The minimum Gasteiger partial charge on any atom is -0.387 e. The zero-order chi connectivity index (χ0) is 13.7. The van der Waals surface area contributed by atoms with Crippen molar-refractivity contribution in [3.05, 3.63) is 65.7 Å². The number of aliphatic hydroxyl groups excluding tert-OH is 1. The Labute approximate surface area is 109 Å². The van der Waals surface area contributed by atoms with Crippen molar-refractivity contribution in [3.63, 3.8) is 0 Å². The second-order valence-corrected chi connectivity index (χ2v) is 4.00. The first-order chi connectivity index (χ1) is 9.16. The zero-order valence-electron chi connectivity index (χ0n) is 10.1. The second-order valence-electron chi connectivity index (χ2n) is 4.00. The van der Waals surface area contributed by atoms with Crippen molar-refractivity contribution in [2.75, 3.05) is 6.54 Å². The molecule has 1 aromatic heterocycles. The molecule has 4 nitrogen and oxygen atoms in total. The molecule has 0 aliphatic carbocycles. The molecule has 1 atom stereocenters. The van der Waals surface area contributed by atoms with Gasteiger partial charge >= 0.3 is 0 Å². The van der Waals surface area contributed by atoms with E-state index in [0.717, 1.165) is 17.8 Å². The van der Waals surface area contributed by atoms with E-state index >= 15 is 0 Å². The molecule has 0 aliphatic rings. The molecule has 1 aromatic carbocycles. The lowest BCUT2D eigenvalue weighted by molar-refractivity contribution is 0.0911. The summed E-state index contributed by atoms with van der Waals surface area (Å²) in [6, 6.07) is 11.5. The summed E-state index contributed by atoms with van der Waals surface area (Å²) in [5.41, 5.74) is 0.830. The molecule has 0 radical (unpaired) electrons. The molecule has 19 heavy (non-hydrogen) atoms. The molecule has 0 fully saturated rings. The smallest absolute Gasteiger partial charge is 0.269 e. The van der Waals surface area contributed by atoms with Crippen LogP contribution in [0.25, 0.3) is 0 Å². The van der Waals surface area contributed by atoms with Crippen LogP contribution in [0.15, 0.2) is 48.7 Å². The van der Waals surface area contributed by atoms with Crippen molar-refractivity contribution in [2.24, 2.45) is 0 Å². The van der Waals surface area contributed by atoms with E-state index in [2.05, 4.69) is 10.3 Å². The molecule has 0 saturated carbocycles. The average molecular weight is 260 g/mol. The van der Waals surface area contributed by atoms with Crippen LogP contribution in [0, 0.1) is 5.82 Å². The number of aliphatic hydroxyl groups is 1. The predicted molar refractivity (Wildman–Crippen MR) is 67.9 cm³/mol. The van der Waals surface area contributed by atoms with E-state index in [1.165, 1.54) is 6.07 Å². The molecule has 1 amide bonds. The number of carbonyl (C=O) groups excluding carboxylic acids is 1. The number of amides is 1. The predicted octanol–water partition coefficient (Wildman–Crippen LogP) is 1.68. The summed E-state index contributed by atoms with van der Waals surface area (Å²) < 4.78 is 12.7. The van der Waals surface area contributed by atoms with Crippen molar-refractivity contribution < 1.29 is 14.3 Å². The summed E-state index contributed by atoms with van der Waals surface area (Å²) in [4.78, 5) is 15.3. The van der Waals surface area contributed by atoms with E-state index in [1.54, 1.807) is 12.1 Å². The summed E-state index contributed by atoms with van der Waals surface area (Å²) in [5.74, 6) is -0.948. The molecule has 0 saturated heterocycles. The monoisotopic (exact) mass is 260 g/mol. The third kappa shape index (κ3) is 3.59. The zero-order valence-corrected chi connectivity index (χ0v) is 10.1. The van der Waals surface area contributed by atoms with Gasteiger partial charge < -0.3 is 10.4 Å². The SMILES string of the molecule is O=C(NCC(O)c1ccccc1)c1ccc(F)cn1. The van der Waals surface area contributed by atoms with Crippen LogP contribution in [0.1, 0.15) is 22.2 Å². The highest BCUT2D eigenvalue weighted by Crippen LogP contribution is 2.10. The Kier molecular flexibility index (Phi) is 4.20. The first-order valence-electron chi connectivity index (χ1n) is 5.79. The average Bonchev–Trinajstić information content (AvgIpc) is 2.46. The van der Waals surface area contributed by atoms with Crippen LogP contribution < -0.4 is 5.32 Å². The highest BCUT2D eigenvalue weighted by molar-refractivity contribution is 5.92. The van der Waals surface area contributed by atoms with E-state index in [0.29, 0.717) is 0 Å². The molecule has 0 spiro atoms. The van der Waals surface area contributed by atoms with Crippen LogP contribution in [-0.2, 0) is 0 Å². The van der Waals surface area contributed by atoms with Gasteiger partial charge in [0.25, 0.3) is 5.91 Å². The van der Waals surface area contributed by atoms with Crippen molar-refractivity contribution in [1.29, 1.82) is 0 Å². The lowest BCUT2D eigenvalue weighted by atomic mass is 10.1. The molecule has 98 valence electrons. The van der Waals surface area contributed by atoms with Gasteiger partial charge in [0, 0.05) is 6.54 Å². The van der Waals surface area contributed by atoms with Gasteiger partial charge in [0.15, 0.2) is 0 Å². The molecule has 0 bridgehead atoms. The summed E-state index contributed by atoms with van der Waals surface area (Å²) in [6.07, 6.45) is 0.188. The summed E-state index contributed by atoms with van der Waals surface area (Å²) in [7, 11) is 0. The molecular weight excluding hydrogens is 247 g/mol. The van der Waals surface area contributed by atoms with Gasteiger partial charge in [-0.15, -0.1) is 0 Å². The third-order valence-corrected chi connectivity index (χ3v) is 2.60. The van der Waals surface area contributed by atoms with Gasteiger partial charge in [0.1, 0.15) is 11.5 Å². The van der Waals surface area contributed by atoms with Gasteiger partial charge in [-0.25, -0.2) is 9.37 Å². The fraction of sp³-hybridized carbons (Fsp3) is 0.143. The molecule has 0 aliphatic heterocycles. The van der Waals surface area contributed by atoms with Crippen LogP contribution >= 0.6 is 0 Å². The lowest BCUT2D eigenvalue weighted by Crippen LogP contribution is -2.29. The van der Waals surface area contributed by atoms with Crippen molar-refractivity contribution in [3.8, 4) is 0 Å². The Bertz CT molecular complexity index is 543. The number of rotatable bonds is 4. The Morgan fingerprint density at radius 1 is 1.26 bits per heavy atom. The highest BCUT2D eigenvalue weighted by atomic mass is 19.1. The Morgan fingerprint density at radius 3 is 2.63 bits per heavy atom. The number of hydrogen-bond donors (Lipinski definition) is 2. The first kappa shape index (κ1) is 13.2. The quantitative estimate of drug-likeness (QED) is 0.879. The van der Waals surface area contributed by atoms with Crippen LogP contribution in [0.2, 0.25) is 0 Å². The lowest BCUT2D eigenvalue weighted by Gasteiger charge is -2.11. The number of nitrogens with one attached hydrogen (secondary N) is 1. The van der Waals surface area contributed by atoms with Gasteiger partial charge in [-0.3, -0.25) is 4.79 Å². The van der Waals surface area contributed by atoms with E-state index in [-0.39, 0.29) is 12.2 Å². The molecule has 2 rings (SSSR count). The minimum atomic E-state index is -0.786. The standard InChI is InChI=1S/C14H13FN2O2/c15-11-6-7-12(16-8-11)14(19)17-9-13(18)10-4-2-1-3-5-10/h1-8,13,18H,9H2,(H,17,19). The third-order valence-electron chi connectivity index (χ3n) is 2.60. The fourth-order valence-corrected chi connectivity index (χ4v) is 1.58. The maximum Gasteiger partial charge on any atom is 0.269 e. The van der Waals surface area contributed by atoms with Crippen LogP contribution in [-0.4, -0.2) is 22.5 Å². The van der Waals surface area contributed by atoms with E-state index in [9.17, 15) is 14.3 Å². The molecule has 1 unspecified atom stereocenters. The summed E-state index contributed by atoms with van der Waals surface area (Å²) >= 11 is 0. The van der Waals surface area contributed by atoms with Gasteiger partial charge in [0.05, 0.1) is 12.3 Å². The summed E-state index contributed by atoms with van der Waals surface area (Å²) in [5, 5.41) is 12.4. The largest absolute Gasteiger partial charge is 0.387 e. The van der Waals surface area contributed by atoms with Gasteiger partial charge in [-0.1, -0.05) is 30.3 Å². The number of nitrogens with zero attached hydrogens (tertiary/aromatic N) is 1. The van der Waals surface area contributed by atoms with Crippen LogP contribution in [0.4, 0.5) is 4.39 Å². The first-order valence-corrected chi connectivity index (χ1v) is 5.79. The Balaban J connectivity index is 1.92. The number of benzene rings is 1. The minimum absolute atomic E-state index is 0.0713.